The molecule has 0 atom stereocenters. The lowest BCUT2D eigenvalue weighted by atomic mass is 10.2. The molecule has 1 fully saturated rings. The fraction of sp³-hybridized carbons (Fsp3) is 0.222. The average Bonchev–Trinajstić information content (AvgIpc) is 3.22. The van der Waals surface area contributed by atoms with Gasteiger partial charge >= 0.3 is 11.8 Å². The largest absolute Gasteiger partial charge is 0.459 e. The van der Waals surface area contributed by atoms with E-state index in [2.05, 4.69) is 5.32 Å². The highest BCUT2D eigenvalue weighted by molar-refractivity contribution is 6.39. The summed E-state index contributed by atoms with van der Waals surface area (Å²) in [6, 6.07) is 11.4. The fourth-order valence-corrected chi connectivity index (χ4v) is 2.62. The molecule has 3 rings (SSSR count). The third kappa shape index (κ3) is 3.72. The van der Waals surface area contributed by atoms with E-state index in [1.165, 1.54) is 11.2 Å². The Morgan fingerprint density at radius 3 is 2.23 bits per heavy atom. The Kier molecular flexibility index (Phi) is 4.99. The van der Waals surface area contributed by atoms with Crippen molar-refractivity contribution in [2.45, 2.75) is 0 Å². The number of anilines is 1. The van der Waals surface area contributed by atoms with Crippen LogP contribution in [0.1, 0.15) is 16.1 Å². The molecule has 0 radical (unpaired) electrons. The lowest BCUT2D eigenvalue weighted by Crippen LogP contribution is -2.52. The van der Waals surface area contributed by atoms with Gasteiger partial charge in [-0.15, -0.1) is 0 Å². The lowest BCUT2D eigenvalue weighted by molar-refractivity contribution is -0.144. The van der Waals surface area contributed by atoms with Crippen LogP contribution in [-0.4, -0.2) is 53.7 Å². The predicted octanol–water partition coefficient (Wildman–Crippen LogP) is 1.07. The topological polar surface area (TPSA) is 107 Å². The second-order valence-corrected chi connectivity index (χ2v) is 5.70. The average molecular weight is 352 g/mol. The minimum Gasteiger partial charge on any atom is -0.459 e. The molecule has 8 nitrogen and oxygen atoms in total. The molecule has 1 aromatic carbocycles. The Labute approximate surface area is 149 Å². The molecule has 0 bridgehead atoms. The number of nitrogens with one attached hydrogen (secondary N) is 1. The molecular weight excluding hydrogens is 336 g/mol. The third-order valence-corrected chi connectivity index (χ3v) is 4.05. The Bertz CT molecular complexity index is 844. The van der Waals surface area contributed by atoms with E-state index in [0.29, 0.717) is 24.3 Å². The number of nitrogens with zero attached hydrogens (tertiary/aromatic N) is 3. The molecule has 8 heteroatoms. The Morgan fingerprint density at radius 1 is 1.00 bits per heavy atom. The minimum absolute atomic E-state index is 0.232. The van der Waals surface area contributed by atoms with E-state index in [1.54, 1.807) is 41.3 Å². The maximum atomic E-state index is 12.3. The van der Waals surface area contributed by atoms with Crippen LogP contribution in [0.3, 0.4) is 0 Å². The van der Waals surface area contributed by atoms with Gasteiger partial charge in [0.05, 0.1) is 17.9 Å². The van der Waals surface area contributed by atoms with E-state index in [-0.39, 0.29) is 24.8 Å². The van der Waals surface area contributed by atoms with Gasteiger partial charge < -0.3 is 19.5 Å². The zero-order valence-electron chi connectivity index (χ0n) is 13.8. The lowest BCUT2D eigenvalue weighted by Gasteiger charge is -2.33. The zero-order valence-corrected chi connectivity index (χ0v) is 13.8. The van der Waals surface area contributed by atoms with Crippen LogP contribution in [-0.2, 0) is 9.59 Å². The van der Waals surface area contributed by atoms with Crippen LogP contribution in [0, 0.1) is 11.3 Å². The molecule has 3 amide bonds. The molecule has 1 saturated heterocycles. The van der Waals surface area contributed by atoms with E-state index in [0.717, 1.165) is 0 Å². The van der Waals surface area contributed by atoms with E-state index in [4.69, 9.17) is 9.68 Å². The summed E-state index contributed by atoms with van der Waals surface area (Å²) >= 11 is 0. The third-order valence-electron chi connectivity index (χ3n) is 4.05. The maximum absolute atomic E-state index is 12.3. The van der Waals surface area contributed by atoms with Crippen molar-refractivity contribution in [3.8, 4) is 6.07 Å². The first-order valence-corrected chi connectivity index (χ1v) is 8.01. The highest BCUT2D eigenvalue weighted by Gasteiger charge is 2.29. The predicted molar refractivity (Wildman–Crippen MR) is 91.0 cm³/mol. The zero-order chi connectivity index (χ0) is 18.5. The molecule has 1 aliphatic rings. The van der Waals surface area contributed by atoms with Crippen LogP contribution in [0.25, 0.3) is 0 Å². The summed E-state index contributed by atoms with van der Waals surface area (Å²) in [6.07, 6.45) is 1.43. The second kappa shape index (κ2) is 7.53. The number of hydrogen-bond acceptors (Lipinski definition) is 5. The van der Waals surface area contributed by atoms with Crippen molar-refractivity contribution in [2.75, 3.05) is 31.5 Å². The first-order valence-electron chi connectivity index (χ1n) is 8.01. The number of rotatable bonds is 2. The molecular formula is C18H16N4O4. The Balaban J connectivity index is 1.53. The van der Waals surface area contributed by atoms with Gasteiger partial charge in [-0.05, 0) is 36.4 Å². The fourth-order valence-electron chi connectivity index (χ4n) is 2.62. The summed E-state index contributed by atoms with van der Waals surface area (Å²) in [5.74, 6) is -1.38. The SMILES string of the molecule is N#Cc1ccc(NC(=O)C(=O)N2CCN(C(=O)c3ccco3)CC2)cc1. The first-order chi connectivity index (χ1) is 12.6. The molecule has 1 aliphatic heterocycles. The first kappa shape index (κ1) is 17.2. The molecule has 132 valence electrons. The van der Waals surface area contributed by atoms with Crippen LogP contribution in [0.4, 0.5) is 5.69 Å². The summed E-state index contributed by atoms with van der Waals surface area (Å²) < 4.78 is 5.09. The number of amides is 3. The van der Waals surface area contributed by atoms with Crippen LogP contribution >= 0.6 is 0 Å². The van der Waals surface area contributed by atoms with Crippen LogP contribution < -0.4 is 5.32 Å². The molecule has 0 spiro atoms. The number of piperazine rings is 1. The standard InChI is InChI=1S/C18H16N4O4/c19-12-13-3-5-14(6-4-13)20-16(23)18(25)22-9-7-21(8-10-22)17(24)15-2-1-11-26-15/h1-6,11H,7-10H2,(H,20,23). The smallest absolute Gasteiger partial charge is 0.313 e. The van der Waals surface area contributed by atoms with Crippen molar-refractivity contribution < 1.29 is 18.8 Å². The minimum atomic E-state index is -0.750. The van der Waals surface area contributed by atoms with Crippen LogP contribution in [0.2, 0.25) is 0 Å². The molecule has 1 aromatic heterocycles. The number of benzene rings is 1. The quantitative estimate of drug-likeness (QED) is 0.814. The molecule has 2 heterocycles. The highest BCUT2D eigenvalue weighted by Crippen LogP contribution is 2.11. The monoisotopic (exact) mass is 352 g/mol. The number of carbonyl (C=O) groups is 3. The second-order valence-electron chi connectivity index (χ2n) is 5.70. The summed E-state index contributed by atoms with van der Waals surface area (Å²) in [5, 5.41) is 11.3. The van der Waals surface area contributed by atoms with Crippen LogP contribution in [0.5, 0.6) is 0 Å². The molecule has 26 heavy (non-hydrogen) atoms. The number of furan rings is 1. The molecule has 0 aliphatic carbocycles. The molecule has 0 unspecified atom stereocenters. The van der Waals surface area contributed by atoms with Gasteiger partial charge in [0.1, 0.15) is 0 Å². The Hall–Kier alpha value is -3.60. The Morgan fingerprint density at radius 2 is 1.65 bits per heavy atom. The molecule has 0 saturated carbocycles. The van der Waals surface area contributed by atoms with Gasteiger partial charge in [0.15, 0.2) is 5.76 Å². The van der Waals surface area contributed by atoms with Crippen molar-refractivity contribution in [3.63, 3.8) is 0 Å². The van der Waals surface area contributed by atoms with Crippen LogP contribution in [0.15, 0.2) is 47.1 Å². The normalized spacial score (nSPS) is 13.8. The number of nitriles is 1. The van der Waals surface area contributed by atoms with Crippen molar-refractivity contribution >= 4 is 23.4 Å². The van der Waals surface area contributed by atoms with Crippen molar-refractivity contribution in [2.24, 2.45) is 0 Å². The maximum Gasteiger partial charge on any atom is 0.313 e. The van der Waals surface area contributed by atoms with Gasteiger partial charge in [0.25, 0.3) is 5.91 Å². The van der Waals surface area contributed by atoms with Gasteiger partial charge in [0.2, 0.25) is 0 Å². The van der Waals surface area contributed by atoms with Gasteiger partial charge in [-0.3, -0.25) is 14.4 Å². The van der Waals surface area contributed by atoms with Gasteiger partial charge in [-0.1, -0.05) is 0 Å². The van der Waals surface area contributed by atoms with E-state index in [9.17, 15) is 14.4 Å². The summed E-state index contributed by atoms with van der Waals surface area (Å²) in [7, 11) is 0. The van der Waals surface area contributed by atoms with E-state index < -0.39 is 11.8 Å². The highest BCUT2D eigenvalue weighted by atomic mass is 16.3. The van der Waals surface area contributed by atoms with E-state index in [1.807, 2.05) is 6.07 Å². The van der Waals surface area contributed by atoms with Crippen molar-refractivity contribution in [1.82, 2.24) is 9.80 Å². The molecule has 2 aromatic rings. The summed E-state index contributed by atoms with van der Waals surface area (Å²) in [6.45, 7) is 1.20. The van der Waals surface area contributed by atoms with Crippen molar-refractivity contribution in [1.29, 1.82) is 5.26 Å². The number of carbonyl (C=O) groups excluding carboxylic acids is 3. The van der Waals surface area contributed by atoms with Gasteiger partial charge in [0, 0.05) is 31.9 Å². The van der Waals surface area contributed by atoms with Gasteiger partial charge in [-0.2, -0.15) is 5.26 Å². The summed E-state index contributed by atoms with van der Waals surface area (Å²) in [5.41, 5.74) is 0.903. The molecule has 1 N–H and O–H groups in total. The van der Waals surface area contributed by atoms with Crippen molar-refractivity contribution in [3.05, 3.63) is 54.0 Å². The van der Waals surface area contributed by atoms with Gasteiger partial charge in [-0.25, -0.2) is 0 Å². The summed E-state index contributed by atoms with van der Waals surface area (Å²) in [4.78, 5) is 39.6. The number of hydrogen-bond donors (Lipinski definition) is 1. The van der Waals surface area contributed by atoms with E-state index >= 15 is 0 Å².